The van der Waals surface area contributed by atoms with E-state index in [0.717, 1.165) is 0 Å². The zero-order valence-corrected chi connectivity index (χ0v) is 8.69. The number of halogens is 2. The Labute approximate surface area is 81.7 Å². The van der Waals surface area contributed by atoms with Crippen LogP contribution in [0.3, 0.4) is 0 Å². The van der Waals surface area contributed by atoms with Crippen molar-refractivity contribution in [2.24, 2.45) is 0 Å². The predicted molar refractivity (Wildman–Crippen MR) is 46.6 cm³/mol. The predicted octanol–water partition coefficient (Wildman–Crippen LogP) is 1.48. The van der Waals surface area contributed by atoms with Gasteiger partial charge in [-0.1, -0.05) is 0 Å². The Bertz CT molecular complexity index is 405. The van der Waals surface area contributed by atoms with E-state index in [-0.39, 0.29) is 0 Å². The Hall–Kier alpha value is -0.330. The van der Waals surface area contributed by atoms with Gasteiger partial charge in [0, 0.05) is 21.4 Å². The van der Waals surface area contributed by atoms with Crippen molar-refractivity contribution >= 4 is 35.7 Å². The maximum absolute atomic E-state index is 10.7. The van der Waals surface area contributed by atoms with Gasteiger partial charge in [0.1, 0.15) is 0 Å². The van der Waals surface area contributed by atoms with E-state index < -0.39 is 19.8 Å². The van der Waals surface area contributed by atoms with Gasteiger partial charge in [-0.05, 0) is 22.0 Å². The quantitative estimate of drug-likeness (QED) is 0.786. The van der Waals surface area contributed by atoms with E-state index in [1.54, 1.807) is 0 Å². The Kier molecular flexibility index (Phi) is 2.60. The first-order valence-corrected chi connectivity index (χ1v) is 5.80. The van der Waals surface area contributed by atoms with Crippen molar-refractivity contribution in [2.75, 3.05) is 0 Å². The molecule has 7 heteroatoms. The average Bonchev–Trinajstić information content (AvgIpc) is 1.83. The second-order valence-electron chi connectivity index (χ2n) is 1.92. The molecule has 4 nitrogen and oxygen atoms in total. The van der Waals surface area contributed by atoms with Gasteiger partial charge in [0.05, 0.1) is 0 Å². The van der Waals surface area contributed by atoms with Gasteiger partial charge in [0.15, 0.2) is 5.75 Å². The molecular weight excluding hydrogens is 269 g/mol. The van der Waals surface area contributed by atoms with E-state index in [1.165, 1.54) is 12.3 Å². The van der Waals surface area contributed by atoms with Crippen LogP contribution in [0.5, 0.6) is 5.75 Å². The van der Waals surface area contributed by atoms with Gasteiger partial charge < -0.3 is 5.11 Å². The third kappa shape index (κ3) is 2.09. The highest BCUT2D eigenvalue weighted by Crippen LogP contribution is 2.25. The number of nitrogens with zero attached hydrogens (tertiary/aromatic N) is 1. The fraction of sp³-hybridized carbons (Fsp3) is 0. The number of hydrogen-bond acceptors (Lipinski definition) is 4. The molecule has 0 saturated heterocycles. The monoisotopic (exact) mass is 271 g/mol. The summed E-state index contributed by atoms with van der Waals surface area (Å²) in [6, 6.07) is 1.20. The van der Waals surface area contributed by atoms with Crippen molar-refractivity contribution in [2.45, 2.75) is 5.03 Å². The molecule has 0 saturated carbocycles. The first kappa shape index (κ1) is 9.76. The fourth-order valence-corrected chi connectivity index (χ4v) is 1.77. The summed E-state index contributed by atoms with van der Waals surface area (Å²) >= 11 is 3.00. The summed E-state index contributed by atoms with van der Waals surface area (Å²) < 4.78 is 21.9. The lowest BCUT2D eigenvalue weighted by Gasteiger charge is -1.98. The van der Waals surface area contributed by atoms with Crippen molar-refractivity contribution in [3.05, 3.63) is 16.7 Å². The lowest BCUT2D eigenvalue weighted by Crippen LogP contribution is -1.94. The standard InChI is InChI=1S/C5H3BrClNO3S/c6-3-1-4(9)5(8-2-3)12(7,10)11/h1-2,9H. The molecular formula is C5H3BrClNO3S. The number of aromatic nitrogens is 1. The molecule has 0 atom stereocenters. The van der Waals surface area contributed by atoms with Crippen LogP contribution >= 0.6 is 26.6 Å². The SMILES string of the molecule is O=S(=O)(Cl)c1ncc(Br)cc1O. The van der Waals surface area contributed by atoms with Crippen LogP contribution in [0.2, 0.25) is 0 Å². The van der Waals surface area contributed by atoms with E-state index in [2.05, 4.69) is 20.9 Å². The zero-order chi connectivity index (χ0) is 9.35. The van der Waals surface area contributed by atoms with Gasteiger partial charge in [-0.2, -0.15) is 0 Å². The van der Waals surface area contributed by atoms with Gasteiger partial charge >= 0.3 is 0 Å². The molecule has 0 bridgehead atoms. The van der Waals surface area contributed by atoms with E-state index in [1.807, 2.05) is 0 Å². The van der Waals surface area contributed by atoms with Crippen LogP contribution in [0.1, 0.15) is 0 Å². The molecule has 0 unspecified atom stereocenters. The highest BCUT2D eigenvalue weighted by molar-refractivity contribution is 9.10. The first-order chi connectivity index (χ1) is 5.41. The van der Waals surface area contributed by atoms with Gasteiger partial charge in [-0.3, -0.25) is 0 Å². The summed E-state index contributed by atoms with van der Waals surface area (Å²) in [5.74, 6) is -0.473. The Morgan fingerprint density at radius 1 is 1.58 bits per heavy atom. The van der Waals surface area contributed by atoms with Crippen LogP contribution in [0.15, 0.2) is 21.8 Å². The molecule has 1 aromatic rings. The maximum atomic E-state index is 10.7. The Balaban J connectivity index is 3.39. The molecule has 0 spiro atoms. The molecule has 0 aliphatic rings. The Morgan fingerprint density at radius 2 is 2.17 bits per heavy atom. The van der Waals surface area contributed by atoms with E-state index in [0.29, 0.717) is 4.47 Å². The molecule has 0 aromatic carbocycles. The molecule has 0 amide bonds. The summed E-state index contributed by atoms with van der Waals surface area (Å²) in [6.07, 6.45) is 1.23. The molecule has 0 aliphatic carbocycles. The largest absolute Gasteiger partial charge is 0.505 e. The molecule has 0 aliphatic heterocycles. The third-order valence-corrected chi connectivity index (χ3v) is 2.68. The zero-order valence-electron chi connectivity index (χ0n) is 5.53. The van der Waals surface area contributed by atoms with Gasteiger partial charge in [0.25, 0.3) is 9.05 Å². The van der Waals surface area contributed by atoms with Crippen LogP contribution < -0.4 is 0 Å². The van der Waals surface area contributed by atoms with Crippen LogP contribution in [-0.2, 0) is 9.05 Å². The smallest absolute Gasteiger partial charge is 0.282 e. The van der Waals surface area contributed by atoms with Crippen molar-refractivity contribution in [1.29, 1.82) is 0 Å². The fourth-order valence-electron chi connectivity index (χ4n) is 0.604. The number of pyridine rings is 1. The summed E-state index contributed by atoms with van der Waals surface area (Å²) in [6.45, 7) is 0. The summed E-state index contributed by atoms with van der Waals surface area (Å²) in [7, 11) is 0.991. The minimum absolute atomic E-state index is 0.473. The number of aromatic hydroxyl groups is 1. The summed E-state index contributed by atoms with van der Waals surface area (Å²) in [5, 5.41) is 8.54. The second-order valence-corrected chi connectivity index (χ2v) is 5.31. The van der Waals surface area contributed by atoms with Crippen LogP contribution in [0, 0.1) is 0 Å². The van der Waals surface area contributed by atoms with E-state index in [9.17, 15) is 8.42 Å². The van der Waals surface area contributed by atoms with Crippen molar-refractivity contribution < 1.29 is 13.5 Å². The lowest BCUT2D eigenvalue weighted by atomic mass is 10.5. The van der Waals surface area contributed by atoms with Gasteiger partial charge in [-0.15, -0.1) is 0 Å². The van der Waals surface area contributed by atoms with Crippen molar-refractivity contribution in [3.63, 3.8) is 0 Å². The van der Waals surface area contributed by atoms with Crippen LogP contribution in [0.4, 0.5) is 0 Å². The number of hydrogen-bond donors (Lipinski definition) is 1. The highest BCUT2D eigenvalue weighted by atomic mass is 79.9. The molecule has 12 heavy (non-hydrogen) atoms. The third-order valence-electron chi connectivity index (χ3n) is 1.03. The minimum atomic E-state index is -3.96. The molecule has 66 valence electrons. The summed E-state index contributed by atoms with van der Waals surface area (Å²) in [5.41, 5.74) is 0. The van der Waals surface area contributed by atoms with Crippen LogP contribution in [-0.4, -0.2) is 18.5 Å². The normalized spacial score (nSPS) is 11.5. The first-order valence-electron chi connectivity index (χ1n) is 2.70. The topological polar surface area (TPSA) is 67.3 Å². The van der Waals surface area contributed by atoms with Crippen molar-refractivity contribution in [1.82, 2.24) is 4.98 Å². The Morgan fingerprint density at radius 3 is 2.58 bits per heavy atom. The van der Waals surface area contributed by atoms with E-state index in [4.69, 9.17) is 15.8 Å². The molecule has 1 aromatic heterocycles. The molecule has 1 N–H and O–H groups in total. The number of rotatable bonds is 1. The molecule has 0 fully saturated rings. The lowest BCUT2D eigenvalue weighted by molar-refractivity contribution is 0.452. The van der Waals surface area contributed by atoms with Gasteiger partial charge in [-0.25, -0.2) is 13.4 Å². The van der Waals surface area contributed by atoms with Gasteiger partial charge in [0.2, 0.25) is 5.03 Å². The maximum Gasteiger partial charge on any atom is 0.282 e. The minimum Gasteiger partial charge on any atom is -0.505 e. The summed E-state index contributed by atoms with van der Waals surface area (Å²) in [4.78, 5) is 3.43. The molecule has 0 radical (unpaired) electrons. The highest BCUT2D eigenvalue weighted by Gasteiger charge is 2.16. The van der Waals surface area contributed by atoms with Crippen molar-refractivity contribution in [3.8, 4) is 5.75 Å². The average molecular weight is 273 g/mol. The second kappa shape index (κ2) is 3.20. The van der Waals surface area contributed by atoms with E-state index >= 15 is 0 Å². The van der Waals surface area contributed by atoms with Crippen LogP contribution in [0.25, 0.3) is 0 Å². The molecule has 1 rings (SSSR count). The molecule has 1 heterocycles.